The van der Waals surface area contributed by atoms with Crippen molar-refractivity contribution in [2.24, 2.45) is 0 Å². The molecule has 0 bridgehead atoms. The average Bonchev–Trinajstić information content (AvgIpc) is 3.47. The van der Waals surface area contributed by atoms with E-state index in [1.807, 2.05) is 12.3 Å². The number of piperidine rings is 1. The van der Waals surface area contributed by atoms with Crippen molar-refractivity contribution in [1.82, 2.24) is 34.4 Å². The topological polar surface area (TPSA) is 116 Å². The van der Waals surface area contributed by atoms with Gasteiger partial charge in [0.25, 0.3) is 0 Å². The summed E-state index contributed by atoms with van der Waals surface area (Å²) >= 11 is 3.56. The zero-order chi connectivity index (χ0) is 31.0. The van der Waals surface area contributed by atoms with Crippen LogP contribution in [-0.4, -0.2) is 107 Å². The van der Waals surface area contributed by atoms with Crippen LogP contribution in [0.2, 0.25) is 0 Å². The van der Waals surface area contributed by atoms with Crippen molar-refractivity contribution in [1.29, 1.82) is 0 Å². The summed E-state index contributed by atoms with van der Waals surface area (Å²) in [5.74, 6) is 1.65. The number of methoxy groups -OCH3 is 1. The highest BCUT2D eigenvalue weighted by Gasteiger charge is 2.28. The summed E-state index contributed by atoms with van der Waals surface area (Å²) in [6.07, 6.45) is 7.45. The largest absolute Gasteiger partial charge is 0.494 e. The van der Waals surface area contributed by atoms with Gasteiger partial charge in [0.05, 0.1) is 28.3 Å². The van der Waals surface area contributed by atoms with Gasteiger partial charge in [-0.3, -0.25) is 9.30 Å². The van der Waals surface area contributed by atoms with Gasteiger partial charge in [-0.1, -0.05) is 0 Å². The Morgan fingerprint density at radius 2 is 1.80 bits per heavy atom. The lowest BCUT2D eigenvalue weighted by Gasteiger charge is -2.43. The third-order valence-electron chi connectivity index (χ3n) is 8.60. The molecule has 3 aromatic heterocycles. The molecule has 2 aliphatic rings. The van der Waals surface area contributed by atoms with Gasteiger partial charge in [-0.15, -0.1) is 10.2 Å². The highest BCUT2D eigenvalue weighted by molar-refractivity contribution is 9.10. The van der Waals surface area contributed by atoms with Gasteiger partial charge in [-0.2, -0.15) is 4.98 Å². The number of anilines is 5. The van der Waals surface area contributed by atoms with E-state index in [0.717, 1.165) is 43.2 Å². The molecular weight excluding hydrogens is 643 g/mol. The predicted molar refractivity (Wildman–Crippen MR) is 180 cm³/mol. The lowest BCUT2D eigenvalue weighted by molar-refractivity contribution is 0.0982. The molecule has 0 spiro atoms. The Morgan fingerprint density at radius 3 is 2.50 bits per heavy atom. The highest BCUT2D eigenvalue weighted by atomic mass is 79.9. The van der Waals surface area contributed by atoms with Crippen LogP contribution in [0.3, 0.4) is 0 Å². The van der Waals surface area contributed by atoms with Crippen LogP contribution in [0.1, 0.15) is 18.4 Å². The minimum atomic E-state index is -2.72. The molecule has 234 valence electrons. The number of likely N-dealkylation sites (N-methyl/N-ethyl adjacent to an activating group) is 1. The average molecular weight is 684 g/mol. The summed E-state index contributed by atoms with van der Waals surface area (Å²) in [7, 11) is 1.18. The third-order valence-corrected chi connectivity index (χ3v) is 10.7. The maximum atomic E-state index is 13.3. The normalized spacial score (nSPS) is 17.3. The Kier molecular flexibility index (Phi) is 8.83. The van der Waals surface area contributed by atoms with E-state index < -0.39 is 7.14 Å². The van der Waals surface area contributed by atoms with E-state index in [0.29, 0.717) is 38.9 Å². The van der Waals surface area contributed by atoms with E-state index >= 15 is 0 Å². The second-order valence-electron chi connectivity index (χ2n) is 12.0. The highest BCUT2D eigenvalue weighted by Crippen LogP contribution is 2.41. The Balaban J connectivity index is 1.20. The molecule has 0 radical (unpaired) electrons. The molecule has 2 aliphatic heterocycles. The first-order valence-electron chi connectivity index (χ1n) is 14.9. The first kappa shape index (κ1) is 30.8. The van der Waals surface area contributed by atoms with E-state index in [-0.39, 0.29) is 0 Å². The maximum absolute atomic E-state index is 13.3. The van der Waals surface area contributed by atoms with Crippen LogP contribution in [0, 0.1) is 6.92 Å². The van der Waals surface area contributed by atoms with Gasteiger partial charge in [-0.25, -0.2) is 4.98 Å². The van der Waals surface area contributed by atoms with Crippen molar-refractivity contribution in [2.45, 2.75) is 25.8 Å². The van der Waals surface area contributed by atoms with E-state index in [9.17, 15) is 4.57 Å². The molecular formula is C30H40BrN10O2P. The zero-order valence-corrected chi connectivity index (χ0v) is 28.4. The Morgan fingerprint density at radius 1 is 1.05 bits per heavy atom. The molecule has 5 heterocycles. The van der Waals surface area contributed by atoms with Gasteiger partial charge in [0.2, 0.25) is 5.95 Å². The van der Waals surface area contributed by atoms with Crippen molar-refractivity contribution in [3.8, 4) is 5.75 Å². The van der Waals surface area contributed by atoms with Gasteiger partial charge >= 0.3 is 0 Å². The molecule has 0 atom stereocenters. The summed E-state index contributed by atoms with van der Waals surface area (Å²) in [6, 6.07) is 6.73. The summed E-state index contributed by atoms with van der Waals surface area (Å²) in [6.45, 7) is 12.3. The molecule has 1 aromatic carbocycles. The van der Waals surface area contributed by atoms with Crippen LogP contribution >= 0.6 is 23.1 Å². The second-order valence-corrected chi connectivity index (χ2v) is 16.0. The maximum Gasteiger partial charge on any atom is 0.229 e. The van der Waals surface area contributed by atoms with Gasteiger partial charge in [0.1, 0.15) is 25.0 Å². The number of nitrogens with zero attached hydrogens (tertiary/aromatic N) is 8. The van der Waals surface area contributed by atoms with Crippen LogP contribution in [0.5, 0.6) is 5.75 Å². The number of fused-ring (bicyclic) bond motifs is 1. The molecule has 0 amide bonds. The Labute approximate surface area is 266 Å². The Hall–Kier alpha value is -3.25. The lowest BCUT2D eigenvalue weighted by Crippen LogP contribution is -2.52. The number of aromatic nitrogens is 5. The number of hydrogen-bond donors (Lipinski definition) is 2. The number of pyridine rings is 1. The molecule has 0 unspecified atom stereocenters. The number of benzene rings is 1. The van der Waals surface area contributed by atoms with Crippen molar-refractivity contribution >= 4 is 62.9 Å². The zero-order valence-electron chi connectivity index (χ0n) is 25.9. The second kappa shape index (κ2) is 12.6. The van der Waals surface area contributed by atoms with Gasteiger partial charge in [0, 0.05) is 69.5 Å². The molecule has 4 aromatic rings. The third kappa shape index (κ3) is 6.42. The standard InChI is InChI=1S/C30H40BrN10O2P/c1-20-16-24(26(43-3)17-25(20)40-9-6-21(7-10-40)39-14-12-38(2)13-15-39)35-30-32-18-22(31)28(36-30)34-23-8-11-41-19-33-37-29(41)27(23)44(4,5)42/h8,11,16-19,21H,6-7,9-10,12-15H2,1-5H3,(H2,32,34,35,36). The minimum absolute atomic E-state index is 0.399. The van der Waals surface area contributed by atoms with E-state index in [1.165, 1.54) is 31.6 Å². The van der Waals surface area contributed by atoms with Crippen LogP contribution in [0.15, 0.2) is 41.4 Å². The van der Waals surface area contributed by atoms with Crippen molar-refractivity contribution in [2.75, 3.05) is 82.3 Å². The SMILES string of the molecule is COc1cc(N2CCC(N3CCN(C)CC3)CC2)c(C)cc1Nc1ncc(Br)c(Nc2ccn3cnnc3c2P(C)(C)=O)n1. The number of piperazine rings is 1. The smallest absolute Gasteiger partial charge is 0.229 e. The fourth-order valence-electron chi connectivity index (χ4n) is 6.21. The number of ether oxygens (including phenoxy) is 1. The number of hydrogen-bond acceptors (Lipinski definition) is 11. The first-order valence-corrected chi connectivity index (χ1v) is 18.3. The molecule has 2 fully saturated rings. The molecule has 14 heteroatoms. The van der Waals surface area contributed by atoms with Crippen LogP contribution < -0.4 is 25.6 Å². The molecule has 12 nitrogen and oxygen atoms in total. The van der Waals surface area contributed by atoms with E-state index in [2.05, 4.69) is 82.5 Å². The van der Waals surface area contributed by atoms with Crippen molar-refractivity contribution < 1.29 is 9.30 Å². The number of halogens is 1. The molecule has 0 aliphatic carbocycles. The summed E-state index contributed by atoms with van der Waals surface area (Å²) in [5, 5.41) is 15.5. The summed E-state index contributed by atoms with van der Waals surface area (Å²) < 4.78 is 21.5. The number of nitrogens with one attached hydrogen (secondary N) is 2. The summed E-state index contributed by atoms with van der Waals surface area (Å²) in [4.78, 5) is 16.8. The first-order chi connectivity index (χ1) is 21.1. The lowest BCUT2D eigenvalue weighted by atomic mass is 10.0. The molecule has 2 saturated heterocycles. The van der Waals surface area contributed by atoms with Crippen LogP contribution in [0.4, 0.5) is 28.8 Å². The van der Waals surface area contributed by atoms with Gasteiger partial charge < -0.3 is 29.7 Å². The Bertz CT molecular complexity index is 1690. The van der Waals surface area contributed by atoms with Gasteiger partial charge in [-0.05, 0) is 73.8 Å². The van der Waals surface area contributed by atoms with E-state index in [4.69, 9.17) is 9.72 Å². The van der Waals surface area contributed by atoms with Crippen LogP contribution in [-0.2, 0) is 4.57 Å². The minimum Gasteiger partial charge on any atom is -0.494 e. The summed E-state index contributed by atoms with van der Waals surface area (Å²) in [5.41, 5.74) is 4.35. The molecule has 6 rings (SSSR count). The number of aryl methyl sites for hydroxylation is 1. The fraction of sp³-hybridized carbons (Fsp3) is 0.467. The van der Waals surface area contributed by atoms with Crippen LogP contribution in [0.25, 0.3) is 5.65 Å². The quantitative estimate of drug-likeness (QED) is 0.255. The predicted octanol–water partition coefficient (Wildman–Crippen LogP) is 4.55. The van der Waals surface area contributed by atoms with Gasteiger partial charge in [0.15, 0.2) is 5.65 Å². The monoisotopic (exact) mass is 682 g/mol. The van der Waals surface area contributed by atoms with Crippen molar-refractivity contribution in [3.05, 3.63) is 47.0 Å². The molecule has 2 N–H and O–H groups in total. The molecule has 0 saturated carbocycles. The molecule has 44 heavy (non-hydrogen) atoms. The van der Waals surface area contributed by atoms with E-state index in [1.54, 1.807) is 37.4 Å². The number of rotatable bonds is 8. The fourth-order valence-corrected chi connectivity index (χ4v) is 7.86. The van der Waals surface area contributed by atoms with Crippen molar-refractivity contribution in [3.63, 3.8) is 0 Å².